The minimum absolute atomic E-state index is 0.0919. The van der Waals surface area contributed by atoms with Gasteiger partial charge in [-0.1, -0.05) is 50.7 Å². The third-order valence-electron chi connectivity index (χ3n) is 8.76. The normalized spacial score (nSPS) is 37.8. The second-order valence-corrected chi connectivity index (χ2v) is 12.9. The van der Waals surface area contributed by atoms with Crippen molar-refractivity contribution in [2.24, 2.45) is 0 Å². The second-order valence-electron chi connectivity index (χ2n) is 12.9. The molecular weight excluding hydrogens is 632 g/mol. The Morgan fingerprint density at radius 2 is 1.21 bits per heavy atom. The highest BCUT2D eigenvalue weighted by Crippen LogP contribution is 2.32. The van der Waals surface area contributed by atoms with Crippen LogP contribution in [0.25, 0.3) is 0 Å². The third kappa shape index (κ3) is 13.3. The average molecular weight is 689 g/mol. The van der Waals surface area contributed by atoms with Crippen molar-refractivity contribution in [3.05, 3.63) is 12.2 Å². The maximum absolute atomic E-state index is 12.7. The lowest BCUT2D eigenvalue weighted by Crippen LogP contribution is -2.65. The van der Waals surface area contributed by atoms with Gasteiger partial charge in [-0.05, 0) is 45.4 Å². The number of allylic oxidation sites excluding steroid dienone is 2. The van der Waals surface area contributed by atoms with E-state index in [1.165, 1.54) is 13.8 Å². The van der Waals surface area contributed by atoms with Crippen molar-refractivity contribution >= 4 is 17.9 Å². The smallest absolute Gasteiger partial charge is 0.306 e. The largest absolute Gasteiger partial charge is 0.463 e. The van der Waals surface area contributed by atoms with Crippen LogP contribution >= 0.6 is 0 Å². The summed E-state index contributed by atoms with van der Waals surface area (Å²) in [4.78, 5) is 35.8. The second kappa shape index (κ2) is 21.1. The molecule has 4 aliphatic rings. The topological polar surface area (TPSA) is 197 Å². The number of hydrogen-bond acceptors (Lipinski definition) is 14. The molecule has 0 aromatic heterocycles. The first kappa shape index (κ1) is 40.3. The lowest BCUT2D eigenvalue weighted by atomic mass is 9.97. The fourth-order valence-electron chi connectivity index (χ4n) is 6.00. The summed E-state index contributed by atoms with van der Waals surface area (Å²) >= 11 is 0. The van der Waals surface area contributed by atoms with E-state index in [-0.39, 0.29) is 19.1 Å². The molecule has 2 fully saturated rings. The molecule has 0 aliphatic carbocycles. The van der Waals surface area contributed by atoms with Gasteiger partial charge >= 0.3 is 17.9 Å². The van der Waals surface area contributed by atoms with Crippen LogP contribution in [0.2, 0.25) is 0 Å². The first-order valence-corrected chi connectivity index (χ1v) is 17.4. The van der Waals surface area contributed by atoms with Gasteiger partial charge in [-0.15, -0.1) is 0 Å². The van der Waals surface area contributed by atoms with Gasteiger partial charge in [0.1, 0.15) is 55.9 Å². The molecule has 14 nitrogen and oxygen atoms in total. The molecule has 0 amide bonds. The standard InChI is InChI=1S/C34H56O14/c1-21-17-15-13-11-9-7-5-4-6-8-10-12-14-16-18-26(37)47-31-25(20-43-23(3)36)46-33(30(41)29(31)40)48-32-28(39)27(38)24(19-42-22(2)35)45-34(32)44-21/h4-5,21,24-25,27-34,38-41H,6-20H2,1-3H3/b5-4+/t21-,24+,25+,27+,28-,29+,30+,31+,32+,33-,34+/m0/s1. The summed E-state index contributed by atoms with van der Waals surface area (Å²) in [5.74, 6) is -1.86. The molecule has 4 rings (SSSR count). The molecule has 276 valence electrons. The van der Waals surface area contributed by atoms with Gasteiger partial charge in [0.25, 0.3) is 0 Å². The predicted octanol–water partition coefficient (Wildman–Crippen LogP) is 2.35. The van der Waals surface area contributed by atoms with Crippen LogP contribution in [0.4, 0.5) is 0 Å². The molecule has 0 spiro atoms. The number of rotatable bonds is 4. The number of esters is 3. The van der Waals surface area contributed by atoms with Crippen molar-refractivity contribution < 1.29 is 68.0 Å². The van der Waals surface area contributed by atoms with E-state index in [0.29, 0.717) is 12.8 Å². The summed E-state index contributed by atoms with van der Waals surface area (Å²) in [6.07, 6.45) is 0.483. The Hall–Kier alpha value is -2.17. The molecule has 14 heteroatoms. The van der Waals surface area contributed by atoms with Gasteiger partial charge in [-0.3, -0.25) is 14.4 Å². The van der Waals surface area contributed by atoms with E-state index in [0.717, 1.165) is 64.2 Å². The van der Waals surface area contributed by atoms with Gasteiger partial charge in [-0.2, -0.15) is 0 Å². The van der Waals surface area contributed by atoms with E-state index in [1.807, 2.05) is 6.92 Å². The SMILES string of the molecule is CC(=O)OC[C@H]1O[C@H]2O[C@@H](C)CCCCCC/C=C/CCCCCCCC(=O)O[C@H]3[C@H](O)[C@@H](O)[C@H](O[C@@H]2[C@@H](O)[C@@H]1O)O[C@@H]3COC(C)=O. The first-order valence-electron chi connectivity index (χ1n) is 17.4. The first-order chi connectivity index (χ1) is 23.0. The monoisotopic (exact) mass is 688 g/mol. The fraction of sp³-hybridized carbons (Fsp3) is 0.853. The Morgan fingerprint density at radius 1 is 0.667 bits per heavy atom. The molecule has 0 aromatic carbocycles. The molecule has 2 saturated heterocycles. The Balaban J connectivity index is 1.81. The molecule has 2 bridgehead atoms. The van der Waals surface area contributed by atoms with E-state index in [2.05, 4.69) is 12.2 Å². The highest BCUT2D eigenvalue weighted by atomic mass is 16.8. The number of carbonyl (C=O) groups excluding carboxylic acids is 3. The lowest BCUT2D eigenvalue weighted by molar-refractivity contribution is -0.371. The fourth-order valence-corrected chi connectivity index (χ4v) is 6.00. The maximum atomic E-state index is 12.7. The molecule has 4 heterocycles. The van der Waals surface area contributed by atoms with E-state index in [4.69, 9.17) is 33.2 Å². The summed E-state index contributed by atoms with van der Waals surface area (Å²) in [5.41, 5.74) is 0. The van der Waals surface area contributed by atoms with Gasteiger partial charge in [0, 0.05) is 20.3 Å². The van der Waals surface area contributed by atoms with Crippen molar-refractivity contribution in [2.45, 2.75) is 172 Å². The van der Waals surface area contributed by atoms with Crippen LogP contribution in [0.3, 0.4) is 0 Å². The van der Waals surface area contributed by atoms with Crippen molar-refractivity contribution in [3.63, 3.8) is 0 Å². The number of fused-ring (bicyclic) bond motifs is 19. The third-order valence-corrected chi connectivity index (χ3v) is 8.76. The van der Waals surface area contributed by atoms with Crippen LogP contribution in [0.1, 0.15) is 104 Å². The van der Waals surface area contributed by atoms with Crippen LogP contribution in [-0.2, 0) is 47.5 Å². The summed E-state index contributed by atoms with van der Waals surface area (Å²) in [7, 11) is 0. The molecule has 11 atom stereocenters. The Kier molecular flexibility index (Phi) is 17.7. The molecule has 0 aromatic rings. The summed E-state index contributed by atoms with van der Waals surface area (Å²) < 4.78 is 39.6. The highest BCUT2D eigenvalue weighted by Gasteiger charge is 2.53. The number of carbonyl (C=O) groups is 3. The molecular formula is C34H56O14. The van der Waals surface area contributed by atoms with E-state index >= 15 is 0 Å². The predicted molar refractivity (Wildman–Crippen MR) is 169 cm³/mol. The van der Waals surface area contributed by atoms with Crippen molar-refractivity contribution in [2.75, 3.05) is 13.2 Å². The maximum Gasteiger partial charge on any atom is 0.306 e. The minimum atomic E-state index is -1.79. The van der Waals surface area contributed by atoms with E-state index < -0.39 is 85.9 Å². The van der Waals surface area contributed by atoms with Gasteiger partial charge in [0.15, 0.2) is 18.7 Å². The Labute approximate surface area is 283 Å². The van der Waals surface area contributed by atoms with Gasteiger partial charge < -0.3 is 53.6 Å². The number of aliphatic hydroxyl groups is 4. The lowest BCUT2D eigenvalue weighted by Gasteiger charge is -2.47. The van der Waals surface area contributed by atoms with Crippen LogP contribution in [0, 0.1) is 0 Å². The molecule has 4 aliphatic heterocycles. The zero-order valence-corrected chi connectivity index (χ0v) is 28.5. The number of ether oxygens (including phenoxy) is 7. The zero-order valence-electron chi connectivity index (χ0n) is 28.5. The van der Waals surface area contributed by atoms with E-state index in [1.54, 1.807) is 0 Å². The Bertz CT molecular complexity index is 1010. The highest BCUT2D eigenvalue weighted by molar-refractivity contribution is 5.69. The molecule has 0 radical (unpaired) electrons. The molecule has 0 saturated carbocycles. The summed E-state index contributed by atoms with van der Waals surface area (Å²) in [6, 6.07) is 0. The average Bonchev–Trinajstić information content (AvgIpc) is 3.03. The molecule has 0 unspecified atom stereocenters. The van der Waals surface area contributed by atoms with Crippen molar-refractivity contribution in [3.8, 4) is 0 Å². The Morgan fingerprint density at radius 3 is 1.85 bits per heavy atom. The molecule has 48 heavy (non-hydrogen) atoms. The van der Waals surface area contributed by atoms with Gasteiger partial charge in [0.05, 0.1) is 6.10 Å². The zero-order chi connectivity index (χ0) is 35.1. The van der Waals surface area contributed by atoms with Crippen LogP contribution < -0.4 is 0 Å². The van der Waals surface area contributed by atoms with Crippen LogP contribution in [0.5, 0.6) is 0 Å². The number of hydrogen-bond donors (Lipinski definition) is 4. The van der Waals surface area contributed by atoms with Crippen LogP contribution in [-0.4, -0.2) is 119 Å². The quantitative estimate of drug-likeness (QED) is 0.191. The summed E-state index contributed by atoms with van der Waals surface area (Å²) in [5, 5.41) is 44.2. The van der Waals surface area contributed by atoms with Crippen LogP contribution in [0.15, 0.2) is 12.2 Å². The summed E-state index contributed by atoms with van der Waals surface area (Å²) in [6.45, 7) is 3.42. The van der Waals surface area contributed by atoms with Gasteiger partial charge in [0.2, 0.25) is 0 Å². The van der Waals surface area contributed by atoms with Crippen molar-refractivity contribution in [1.29, 1.82) is 0 Å². The number of aliphatic hydroxyl groups excluding tert-OH is 4. The molecule has 4 N–H and O–H groups in total. The van der Waals surface area contributed by atoms with Crippen molar-refractivity contribution in [1.82, 2.24) is 0 Å². The van der Waals surface area contributed by atoms with Gasteiger partial charge in [-0.25, -0.2) is 0 Å². The minimum Gasteiger partial charge on any atom is -0.463 e. The van der Waals surface area contributed by atoms with E-state index in [9.17, 15) is 34.8 Å².